The molecule has 188 valence electrons. The molecule has 0 saturated carbocycles. The van der Waals surface area contributed by atoms with Crippen LogP contribution in [0.15, 0.2) is 34.9 Å². The molecule has 0 aliphatic carbocycles. The predicted molar refractivity (Wildman–Crippen MR) is 137 cm³/mol. The van der Waals surface area contributed by atoms with Gasteiger partial charge in [-0.1, -0.05) is 20.3 Å². The maximum absolute atomic E-state index is 11.8. The Morgan fingerprint density at radius 2 is 1.94 bits per heavy atom. The van der Waals surface area contributed by atoms with Crippen molar-refractivity contribution in [3.8, 4) is 12.5 Å². The maximum atomic E-state index is 11.8. The number of hydrogen-bond acceptors (Lipinski definition) is 7. The first-order valence-corrected chi connectivity index (χ1v) is 14.0. The highest BCUT2D eigenvalue weighted by Gasteiger charge is 2.28. The number of hydrazone groups is 1. The largest absolute Gasteiger partial charge is 0.282 e. The molecule has 0 radical (unpaired) electrons. The van der Waals surface area contributed by atoms with Gasteiger partial charge >= 0.3 is 0 Å². The number of rotatable bonds is 9. The van der Waals surface area contributed by atoms with Crippen LogP contribution in [-0.2, 0) is 16.6 Å². The highest BCUT2D eigenvalue weighted by Crippen LogP contribution is 2.24. The van der Waals surface area contributed by atoms with Crippen molar-refractivity contribution in [1.82, 2.24) is 28.9 Å². The molecule has 4 rings (SSSR count). The summed E-state index contributed by atoms with van der Waals surface area (Å²) in [5.41, 5.74) is 2.81. The molecule has 0 bridgehead atoms. The van der Waals surface area contributed by atoms with E-state index in [2.05, 4.69) is 41.4 Å². The molecule has 0 amide bonds. The highest BCUT2D eigenvalue weighted by molar-refractivity contribution is 7.88. The third-order valence-corrected chi connectivity index (χ3v) is 8.15. The average molecular weight is 499 g/mol. The fourth-order valence-corrected chi connectivity index (χ4v) is 5.64. The van der Waals surface area contributed by atoms with Gasteiger partial charge in [0, 0.05) is 55.3 Å². The molecular formula is C24H34N8O2S. The molecule has 1 saturated heterocycles. The lowest BCUT2D eigenvalue weighted by atomic mass is 10.0. The van der Waals surface area contributed by atoms with E-state index in [1.54, 1.807) is 5.01 Å². The van der Waals surface area contributed by atoms with Crippen LogP contribution >= 0.6 is 0 Å². The normalized spacial score (nSPS) is 20.1. The number of nitrogens with zero attached hydrogens (tertiary/aromatic N) is 8. The van der Waals surface area contributed by atoms with Gasteiger partial charge in [0.2, 0.25) is 10.0 Å². The van der Waals surface area contributed by atoms with Gasteiger partial charge in [0.1, 0.15) is 6.04 Å². The third kappa shape index (κ3) is 5.65. The van der Waals surface area contributed by atoms with E-state index in [-0.39, 0.29) is 12.1 Å². The Morgan fingerprint density at radius 3 is 2.60 bits per heavy atom. The fourth-order valence-electron chi connectivity index (χ4n) is 4.76. The highest BCUT2D eigenvalue weighted by atomic mass is 32.2. The first-order valence-electron chi connectivity index (χ1n) is 12.2. The lowest BCUT2D eigenvalue weighted by Crippen LogP contribution is -2.38. The Labute approximate surface area is 207 Å². The second-order valence-corrected chi connectivity index (χ2v) is 11.1. The summed E-state index contributed by atoms with van der Waals surface area (Å²) in [6.45, 7) is 5.83. The summed E-state index contributed by atoms with van der Waals surface area (Å²) in [4.78, 5) is 4.98. The van der Waals surface area contributed by atoms with E-state index in [0.717, 1.165) is 42.5 Å². The van der Waals surface area contributed by atoms with Gasteiger partial charge in [-0.2, -0.15) is 15.3 Å². The second-order valence-electron chi connectivity index (χ2n) is 9.13. The van der Waals surface area contributed by atoms with Crippen LogP contribution in [0.1, 0.15) is 69.2 Å². The number of sulfonamides is 1. The van der Waals surface area contributed by atoms with Crippen molar-refractivity contribution in [1.29, 1.82) is 0 Å². The molecule has 10 nitrogen and oxygen atoms in total. The minimum atomic E-state index is -3.14. The predicted octanol–water partition coefficient (Wildman–Crippen LogP) is 2.68. The molecule has 1 atom stereocenters. The van der Waals surface area contributed by atoms with Crippen LogP contribution < -0.4 is 0 Å². The van der Waals surface area contributed by atoms with E-state index in [1.807, 2.05) is 34.2 Å². The van der Waals surface area contributed by atoms with Crippen LogP contribution in [0.3, 0.4) is 0 Å². The van der Waals surface area contributed by atoms with Gasteiger partial charge < -0.3 is 0 Å². The SMILES string of the molecule is C#CN1N=CCC1/C(=N\Cc1cnn(C2CCN(S(C)(=O)=O)CC2)c1)c1cnn(C(CC)CC)c1. The van der Waals surface area contributed by atoms with Crippen LogP contribution in [0.5, 0.6) is 0 Å². The van der Waals surface area contributed by atoms with E-state index < -0.39 is 10.0 Å². The first kappa shape index (κ1) is 25.1. The molecule has 2 aromatic heterocycles. The monoisotopic (exact) mass is 498 g/mol. The van der Waals surface area contributed by atoms with E-state index in [1.165, 1.54) is 10.6 Å². The van der Waals surface area contributed by atoms with Gasteiger partial charge in [0.05, 0.1) is 43.0 Å². The van der Waals surface area contributed by atoms with E-state index in [0.29, 0.717) is 32.1 Å². The van der Waals surface area contributed by atoms with Crippen molar-refractivity contribution in [2.75, 3.05) is 19.3 Å². The van der Waals surface area contributed by atoms with Crippen molar-refractivity contribution in [3.05, 3.63) is 35.9 Å². The van der Waals surface area contributed by atoms with Crippen molar-refractivity contribution >= 4 is 21.9 Å². The molecule has 2 aliphatic heterocycles. The Morgan fingerprint density at radius 1 is 1.20 bits per heavy atom. The van der Waals surface area contributed by atoms with Gasteiger partial charge in [-0.25, -0.2) is 17.7 Å². The molecule has 35 heavy (non-hydrogen) atoms. The second kappa shape index (κ2) is 10.7. The molecule has 1 unspecified atom stereocenters. The molecule has 4 heterocycles. The summed E-state index contributed by atoms with van der Waals surface area (Å²) in [6.07, 6.45) is 20.8. The molecular weight excluding hydrogens is 464 g/mol. The number of terminal acetylenes is 1. The lowest BCUT2D eigenvalue weighted by Gasteiger charge is -2.30. The Kier molecular flexibility index (Phi) is 7.72. The number of aromatic nitrogens is 4. The Balaban J connectivity index is 1.51. The minimum absolute atomic E-state index is 0.130. The summed E-state index contributed by atoms with van der Waals surface area (Å²) < 4.78 is 29.1. The summed E-state index contributed by atoms with van der Waals surface area (Å²) in [5.74, 6) is 0. The molecule has 1 fully saturated rings. The number of piperidine rings is 1. The topological polar surface area (TPSA) is 101 Å². The molecule has 2 aromatic rings. The lowest BCUT2D eigenvalue weighted by molar-refractivity contribution is 0.262. The fraction of sp³-hybridized carbons (Fsp3) is 0.583. The zero-order valence-electron chi connectivity index (χ0n) is 20.7. The standard InChI is InChI=1S/C24H34N8O2S/c1-5-21(6-2)32-18-20(16-28-32)24(23-8-11-26-30(23)7-3)25-14-19-15-27-31(17-19)22-9-12-29(13-10-22)35(4,33)34/h3,11,15-18,21-23H,5-6,8-10,12-14H2,1-2,4H3/b25-24-. The summed E-state index contributed by atoms with van der Waals surface area (Å²) in [7, 11) is -3.14. The van der Waals surface area contributed by atoms with Crippen LogP contribution in [-0.4, -0.2) is 74.6 Å². The Hall–Kier alpha value is -2.97. The van der Waals surface area contributed by atoms with E-state index >= 15 is 0 Å². The zero-order valence-corrected chi connectivity index (χ0v) is 21.5. The van der Waals surface area contributed by atoms with Gasteiger partial charge in [0.25, 0.3) is 0 Å². The van der Waals surface area contributed by atoms with Crippen LogP contribution in [0.4, 0.5) is 0 Å². The van der Waals surface area contributed by atoms with Crippen molar-refractivity contribution in [3.63, 3.8) is 0 Å². The molecule has 0 spiro atoms. The average Bonchev–Trinajstić information content (AvgIpc) is 3.61. The smallest absolute Gasteiger partial charge is 0.211 e. The molecule has 11 heteroatoms. The van der Waals surface area contributed by atoms with Crippen molar-refractivity contribution in [2.24, 2.45) is 10.1 Å². The quantitative estimate of drug-likeness (QED) is 0.391. The van der Waals surface area contributed by atoms with Gasteiger partial charge in [-0.05, 0) is 25.7 Å². The van der Waals surface area contributed by atoms with Crippen molar-refractivity contribution < 1.29 is 8.42 Å². The van der Waals surface area contributed by atoms with Gasteiger partial charge in [0.15, 0.2) is 0 Å². The maximum Gasteiger partial charge on any atom is 0.211 e. The van der Waals surface area contributed by atoms with Gasteiger partial charge in [-0.3, -0.25) is 14.4 Å². The van der Waals surface area contributed by atoms with Crippen LogP contribution in [0.2, 0.25) is 0 Å². The van der Waals surface area contributed by atoms with E-state index in [9.17, 15) is 8.42 Å². The summed E-state index contributed by atoms with van der Waals surface area (Å²) >= 11 is 0. The molecule has 0 aromatic carbocycles. The molecule has 0 N–H and O–H groups in total. The minimum Gasteiger partial charge on any atom is -0.282 e. The van der Waals surface area contributed by atoms with Gasteiger partial charge in [-0.15, -0.1) is 0 Å². The van der Waals surface area contributed by atoms with Crippen LogP contribution in [0.25, 0.3) is 0 Å². The number of hydrogen-bond donors (Lipinski definition) is 0. The third-order valence-electron chi connectivity index (χ3n) is 6.85. The van der Waals surface area contributed by atoms with E-state index in [4.69, 9.17) is 11.4 Å². The Bertz CT molecular complexity index is 1210. The number of aliphatic imine (C=N–C) groups is 1. The molecule has 2 aliphatic rings. The van der Waals surface area contributed by atoms with Crippen LogP contribution in [0, 0.1) is 12.5 Å². The summed E-state index contributed by atoms with van der Waals surface area (Å²) in [5, 5.41) is 15.1. The first-order chi connectivity index (χ1) is 16.8. The summed E-state index contributed by atoms with van der Waals surface area (Å²) in [6, 6.07) is 3.04. The van der Waals surface area contributed by atoms with Crippen molar-refractivity contribution in [2.45, 2.75) is 70.6 Å². The zero-order chi connectivity index (χ0) is 25.0.